The molecule has 106 valence electrons. The second-order valence-electron chi connectivity index (χ2n) is 5.43. The largest absolute Gasteiger partial charge is 0.252 e. The van der Waals surface area contributed by atoms with Crippen molar-refractivity contribution in [2.45, 2.75) is 48.8 Å². The van der Waals surface area contributed by atoms with Gasteiger partial charge in [-0.3, -0.25) is 0 Å². The van der Waals surface area contributed by atoms with Gasteiger partial charge in [0.25, 0.3) is 10.0 Å². The maximum Gasteiger partial charge on any atom is 0.252 e. The van der Waals surface area contributed by atoms with Gasteiger partial charge in [-0.25, -0.2) is 8.42 Å². The van der Waals surface area contributed by atoms with E-state index in [4.69, 9.17) is 0 Å². The molecular weight excluding hydrogens is 346 g/mol. The molecule has 1 saturated heterocycles. The van der Waals surface area contributed by atoms with Gasteiger partial charge in [0.1, 0.15) is 4.21 Å². The van der Waals surface area contributed by atoms with Gasteiger partial charge in [0.2, 0.25) is 0 Å². The van der Waals surface area contributed by atoms with Gasteiger partial charge in [-0.05, 0) is 59.7 Å². The van der Waals surface area contributed by atoms with Crippen LogP contribution in [0, 0.1) is 5.92 Å². The first-order chi connectivity index (χ1) is 9.09. The van der Waals surface area contributed by atoms with Gasteiger partial charge in [0.15, 0.2) is 0 Å². The molecule has 0 N–H and O–H groups in total. The number of halogens is 1. The Morgan fingerprint density at radius 1 is 1.16 bits per heavy atom. The molecule has 3 nitrogen and oxygen atoms in total. The molecular formula is C13H18BrNO2S2. The molecule has 6 heteroatoms. The van der Waals surface area contributed by atoms with E-state index >= 15 is 0 Å². The van der Waals surface area contributed by atoms with E-state index in [9.17, 15) is 8.42 Å². The number of nitrogens with zero attached hydrogens (tertiary/aromatic N) is 1. The number of hydrogen-bond acceptors (Lipinski definition) is 3. The molecule has 2 atom stereocenters. The summed E-state index contributed by atoms with van der Waals surface area (Å²) >= 11 is 4.67. The van der Waals surface area contributed by atoms with E-state index in [-0.39, 0.29) is 6.04 Å². The topological polar surface area (TPSA) is 37.4 Å². The second kappa shape index (κ2) is 5.47. The highest BCUT2D eigenvalue weighted by Gasteiger charge is 2.40. The molecule has 3 rings (SSSR count). The van der Waals surface area contributed by atoms with Crippen molar-refractivity contribution in [3.63, 3.8) is 0 Å². The van der Waals surface area contributed by atoms with Crippen LogP contribution in [-0.2, 0) is 10.0 Å². The zero-order chi connectivity index (χ0) is 13.5. The molecule has 0 radical (unpaired) electrons. The van der Waals surface area contributed by atoms with Crippen LogP contribution in [0.3, 0.4) is 0 Å². The summed E-state index contributed by atoms with van der Waals surface area (Å²) in [5, 5.41) is 0. The molecule has 1 aromatic rings. The monoisotopic (exact) mass is 363 g/mol. The van der Waals surface area contributed by atoms with Gasteiger partial charge in [0.05, 0.1) is 3.79 Å². The molecule has 2 heterocycles. The Morgan fingerprint density at radius 2 is 1.89 bits per heavy atom. The maximum absolute atomic E-state index is 12.8. The summed E-state index contributed by atoms with van der Waals surface area (Å²) in [5.74, 6) is 0.584. The van der Waals surface area contributed by atoms with E-state index in [2.05, 4.69) is 15.9 Å². The molecule has 0 amide bonds. The lowest BCUT2D eigenvalue weighted by Gasteiger charge is -2.42. The second-order valence-corrected chi connectivity index (χ2v) is 10.0. The first-order valence-electron chi connectivity index (χ1n) is 6.86. The van der Waals surface area contributed by atoms with E-state index in [1.54, 1.807) is 10.4 Å². The van der Waals surface area contributed by atoms with Crippen LogP contribution in [0.15, 0.2) is 20.1 Å². The van der Waals surface area contributed by atoms with Crippen molar-refractivity contribution in [3.8, 4) is 0 Å². The van der Waals surface area contributed by atoms with Crippen LogP contribution in [0.25, 0.3) is 0 Å². The van der Waals surface area contributed by atoms with Crippen LogP contribution in [0.2, 0.25) is 0 Å². The Morgan fingerprint density at radius 3 is 2.63 bits per heavy atom. The van der Waals surface area contributed by atoms with Crippen LogP contribution in [0.1, 0.15) is 38.5 Å². The summed E-state index contributed by atoms with van der Waals surface area (Å²) in [5.41, 5.74) is 0. The molecule has 0 bridgehead atoms. The van der Waals surface area contributed by atoms with Crippen LogP contribution >= 0.6 is 27.3 Å². The van der Waals surface area contributed by atoms with Crippen molar-refractivity contribution < 1.29 is 8.42 Å². The first kappa shape index (κ1) is 14.0. The lowest BCUT2D eigenvalue weighted by atomic mass is 9.79. The normalized spacial score (nSPS) is 29.1. The highest BCUT2D eigenvalue weighted by molar-refractivity contribution is 9.11. The number of rotatable bonds is 2. The third-order valence-electron chi connectivity index (χ3n) is 4.30. The summed E-state index contributed by atoms with van der Waals surface area (Å²) in [6, 6.07) is 3.78. The Kier molecular flexibility index (Phi) is 4.04. The first-order valence-corrected chi connectivity index (χ1v) is 9.91. The Labute approximate surface area is 127 Å². The molecule has 0 spiro atoms. The maximum atomic E-state index is 12.8. The average Bonchev–Trinajstić information content (AvgIpc) is 2.85. The van der Waals surface area contributed by atoms with E-state index in [1.807, 2.05) is 6.07 Å². The fourth-order valence-corrected chi connectivity index (χ4v) is 7.32. The van der Waals surface area contributed by atoms with Gasteiger partial charge in [-0.1, -0.05) is 12.8 Å². The highest BCUT2D eigenvalue weighted by atomic mass is 79.9. The van der Waals surface area contributed by atoms with Crippen LogP contribution in [-0.4, -0.2) is 25.3 Å². The summed E-state index contributed by atoms with van der Waals surface area (Å²) < 4.78 is 28.7. The Bertz CT molecular complexity index is 553. The number of hydrogen-bond donors (Lipinski definition) is 0. The van der Waals surface area contributed by atoms with E-state index in [0.29, 0.717) is 16.7 Å². The van der Waals surface area contributed by atoms with Crippen molar-refractivity contribution in [2.75, 3.05) is 6.54 Å². The van der Waals surface area contributed by atoms with Crippen LogP contribution in [0.4, 0.5) is 0 Å². The van der Waals surface area contributed by atoms with Crippen LogP contribution in [0.5, 0.6) is 0 Å². The number of sulfonamides is 1. The van der Waals surface area contributed by atoms with Gasteiger partial charge in [0, 0.05) is 12.6 Å². The van der Waals surface area contributed by atoms with Crippen molar-refractivity contribution in [3.05, 3.63) is 15.9 Å². The lowest BCUT2D eigenvalue weighted by molar-refractivity contribution is 0.129. The molecule has 1 saturated carbocycles. The van der Waals surface area contributed by atoms with Gasteiger partial charge < -0.3 is 0 Å². The van der Waals surface area contributed by atoms with Crippen LogP contribution < -0.4 is 0 Å². The van der Waals surface area contributed by atoms with Gasteiger partial charge in [-0.2, -0.15) is 4.31 Å². The predicted octanol–water partition coefficient (Wildman–Crippen LogP) is 3.85. The lowest BCUT2D eigenvalue weighted by Crippen LogP contribution is -2.49. The number of piperidine rings is 1. The number of thiophene rings is 1. The Hall–Kier alpha value is 0.0900. The SMILES string of the molecule is O=S(=O)(c1ccc(Br)s1)N1CCCC2CCCCC21. The third-order valence-corrected chi connectivity index (χ3v) is 8.32. The average molecular weight is 364 g/mol. The van der Waals surface area contributed by atoms with E-state index < -0.39 is 10.0 Å². The zero-order valence-corrected chi connectivity index (χ0v) is 13.9. The minimum absolute atomic E-state index is 0.244. The molecule has 0 aromatic carbocycles. The van der Waals surface area contributed by atoms with Crippen molar-refractivity contribution in [1.82, 2.24) is 4.31 Å². The predicted molar refractivity (Wildman–Crippen MR) is 80.9 cm³/mol. The molecule has 1 aromatic heterocycles. The quantitative estimate of drug-likeness (QED) is 0.799. The van der Waals surface area contributed by atoms with Gasteiger partial charge in [-0.15, -0.1) is 11.3 Å². The Balaban J connectivity index is 1.91. The summed E-state index contributed by atoms with van der Waals surface area (Å²) in [6.45, 7) is 0.693. The number of fused-ring (bicyclic) bond motifs is 1. The molecule has 1 aliphatic heterocycles. The molecule has 19 heavy (non-hydrogen) atoms. The molecule has 2 aliphatic rings. The third kappa shape index (κ3) is 2.64. The van der Waals surface area contributed by atoms with Crippen molar-refractivity contribution in [2.24, 2.45) is 5.92 Å². The molecule has 2 unspecified atom stereocenters. The summed E-state index contributed by atoms with van der Waals surface area (Å²) in [7, 11) is -3.29. The molecule has 2 fully saturated rings. The summed E-state index contributed by atoms with van der Waals surface area (Å²) in [4.78, 5) is 0. The van der Waals surface area contributed by atoms with Crippen molar-refractivity contribution in [1.29, 1.82) is 0 Å². The highest BCUT2D eigenvalue weighted by Crippen LogP contribution is 2.39. The summed E-state index contributed by atoms with van der Waals surface area (Å²) in [6.07, 6.45) is 6.87. The van der Waals surface area contributed by atoms with E-state index in [1.165, 1.54) is 37.0 Å². The van der Waals surface area contributed by atoms with Gasteiger partial charge >= 0.3 is 0 Å². The minimum Gasteiger partial charge on any atom is -0.206 e. The fraction of sp³-hybridized carbons (Fsp3) is 0.692. The smallest absolute Gasteiger partial charge is 0.206 e. The van der Waals surface area contributed by atoms with E-state index in [0.717, 1.165) is 16.6 Å². The van der Waals surface area contributed by atoms with Crippen molar-refractivity contribution >= 4 is 37.3 Å². The standard InChI is InChI=1S/C13H18BrNO2S2/c14-12-7-8-13(18-12)19(16,17)15-9-3-5-10-4-1-2-6-11(10)15/h7-8,10-11H,1-6,9H2. The minimum atomic E-state index is -3.29. The zero-order valence-electron chi connectivity index (χ0n) is 10.7. The fourth-order valence-electron chi connectivity index (χ4n) is 3.43. The molecule has 1 aliphatic carbocycles.